The number of hydrogen-bond donors (Lipinski definition) is 0. The molecule has 1 heterocycles. The molecule has 0 unspecified atom stereocenters. The molecule has 0 aliphatic heterocycles. The van der Waals surface area contributed by atoms with Gasteiger partial charge in [-0.15, -0.1) is 24.8 Å². The van der Waals surface area contributed by atoms with Crippen LogP contribution in [-0.2, 0) is 21.8 Å². The Morgan fingerprint density at radius 2 is 2.05 bits per heavy atom. The highest BCUT2D eigenvalue weighted by molar-refractivity contribution is 6.17. The van der Waals surface area contributed by atoms with E-state index in [9.17, 15) is 26.7 Å². The molecule has 1 aromatic rings. The average molecular weight is 348 g/mol. The number of esters is 1. The van der Waals surface area contributed by atoms with Gasteiger partial charge in [-0.25, -0.2) is 13.8 Å². The van der Waals surface area contributed by atoms with Gasteiger partial charge in [0.1, 0.15) is 0 Å². The Morgan fingerprint density at radius 3 is 2.50 bits per heavy atom. The molecule has 0 atom stereocenters. The Bertz CT molecular complexity index is 536. The minimum Gasteiger partial charge on any atom is -0.466 e. The van der Waals surface area contributed by atoms with Crippen molar-refractivity contribution in [1.29, 1.82) is 0 Å². The fraction of sp³-hybridized carbons (Fsp3) is 0.500. The molecule has 4 nitrogen and oxygen atoms in total. The second kappa shape index (κ2) is 7.57. The second-order valence-electron chi connectivity index (χ2n) is 3.95. The molecule has 0 bridgehead atoms. The van der Waals surface area contributed by atoms with E-state index in [0.29, 0.717) is 0 Å². The summed E-state index contributed by atoms with van der Waals surface area (Å²) in [5, 5.41) is 0. The molecule has 0 saturated heterocycles. The monoisotopic (exact) mass is 347 g/mol. The Morgan fingerprint density at radius 1 is 1.41 bits per heavy atom. The van der Waals surface area contributed by atoms with Crippen molar-refractivity contribution in [2.45, 2.75) is 32.0 Å². The molecule has 10 heteroatoms. The van der Waals surface area contributed by atoms with Crippen LogP contribution in [0.25, 0.3) is 0 Å². The van der Waals surface area contributed by atoms with Crippen LogP contribution in [0.1, 0.15) is 30.2 Å². The predicted octanol–water partition coefficient (Wildman–Crippen LogP) is 3.76. The van der Waals surface area contributed by atoms with Gasteiger partial charge in [-0.2, -0.15) is 0 Å². The molecule has 1 aromatic heterocycles. The highest BCUT2D eigenvalue weighted by Gasteiger charge is 2.35. The highest BCUT2D eigenvalue weighted by Crippen LogP contribution is 2.33. The molecular formula is C12H11ClF5NO3. The van der Waals surface area contributed by atoms with E-state index in [4.69, 9.17) is 11.6 Å². The van der Waals surface area contributed by atoms with Gasteiger partial charge >= 0.3 is 12.3 Å². The summed E-state index contributed by atoms with van der Waals surface area (Å²) < 4.78 is 70.5. The SMILES string of the molecule is CCOC(=O)Cc1nc(OC(F)(F)F)c(C(F)F)cc1CCl. The minimum atomic E-state index is -5.19. The van der Waals surface area contributed by atoms with Crippen LogP contribution in [0.2, 0.25) is 0 Å². The fourth-order valence-corrected chi connectivity index (χ4v) is 1.79. The summed E-state index contributed by atoms with van der Waals surface area (Å²) in [6, 6.07) is 0.736. The van der Waals surface area contributed by atoms with Gasteiger partial charge in [0.2, 0.25) is 5.88 Å². The standard InChI is InChI=1S/C12H11ClF5NO3/c1-2-21-9(20)4-8-6(5-13)3-7(10(14)15)11(19-8)22-12(16,17)18/h3,10H,2,4-5H2,1H3. The van der Waals surface area contributed by atoms with Crippen LogP contribution in [0.5, 0.6) is 5.88 Å². The molecule has 0 aliphatic rings. The van der Waals surface area contributed by atoms with Gasteiger partial charge in [0, 0.05) is 5.88 Å². The van der Waals surface area contributed by atoms with Gasteiger partial charge in [-0.3, -0.25) is 4.79 Å². The van der Waals surface area contributed by atoms with Gasteiger partial charge < -0.3 is 9.47 Å². The number of rotatable bonds is 6. The smallest absolute Gasteiger partial charge is 0.466 e. The molecular weight excluding hydrogens is 337 g/mol. The van der Waals surface area contributed by atoms with Gasteiger partial charge in [0.25, 0.3) is 6.43 Å². The van der Waals surface area contributed by atoms with Crippen molar-refractivity contribution >= 4 is 17.6 Å². The molecule has 124 valence electrons. The summed E-state index contributed by atoms with van der Waals surface area (Å²) in [6.07, 6.45) is -8.95. The Balaban J connectivity index is 3.26. The fourth-order valence-electron chi connectivity index (χ4n) is 1.56. The highest BCUT2D eigenvalue weighted by atomic mass is 35.5. The van der Waals surface area contributed by atoms with Crippen molar-refractivity contribution in [2.75, 3.05) is 6.61 Å². The largest absolute Gasteiger partial charge is 0.574 e. The predicted molar refractivity (Wildman–Crippen MR) is 65.8 cm³/mol. The molecule has 22 heavy (non-hydrogen) atoms. The summed E-state index contributed by atoms with van der Waals surface area (Å²) in [5.41, 5.74) is -1.27. The van der Waals surface area contributed by atoms with Crippen LogP contribution in [0.4, 0.5) is 22.0 Å². The zero-order chi connectivity index (χ0) is 16.9. The number of alkyl halides is 6. The van der Waals surface area contributed by atoms with E-state index in [-0.39, 0.29) is 23.7 Å². The molecule has 1 rings (SSSR count). The second-order valence-corrected chi connectivity index (χ2v) is 4.22. The summed E-state index contributed by atoms with van der Waals surface area (Å²) in [6.45, 7) is 1.59. The summed E-state index contributed by atoms with van der Waals surface area (Å²) in [5.74, 6) is -2.40. The Kier molecular flexibility index (Phi) is 6.34. The van der Waals surface area contributed by atoms with Crippen molar-refractivity contribution in [3.63, 3.8) is 0 Å². The molecule has 0 radical (unpaired) electrons. The van der Waals surface area contributed by atoms with E-state index in [2.05, 4.69) is 14.5 Å². The third-order valence-corrected chi connectivity index (χ3v) is 2.68. The number of pyridine rings is 1. The third-order valence-electron chi connectivity index (χ3n) is 2.39. The van der Waals surface area contributed by atoms with E-state index in [1.165, 1.54) is 6.92 Å². The number of ether oxygens (including phenoxy) is 2. The first-order chi connectivity index (χ1) is 10.2. The zero-order valence-corrected chi connectivity index (χ0v) is 12.0. The van der Waals surface area contributed by atoms with Crippen LogP contribution >= 0.6 is 11.6 Å². The lowest BCUT2D eigenvalue weighted by atomic mass is 10.1. The molecule has 0 N–H and O–H groups in total. The van der Waals surface area contributed by atoms with Crippen LogP contribution in [0.3, 0.4) is 0 Å². The quantitative estimate of drug-likeness (QED) is 0.446. The lowest BCUT2D eigenvalue weighted by Crippen LogP contribution is -2.20. The number of halogens is 6. The Hall–Kier alpha value is -1.64. The molecule has 0 aromatic carbocycles. The maximum atomic E-state index is 12.8. The van der Waals surface area contributed by atoms with E-state index < -0.39 is 36.6 Å². The van der Waals surface area contributed by atoms with Gasteiger partial charge in [0.05, 0.1) is 24.3 Å². The van der Waals surface area contributed by atoms with Crippen molar-refractivity contribution in [3.05, 3.63) is 22.9 Å². The van der Waals surface area contributed by atoms with Crippen LogP contribution in [-0.4, -0.2) is 23.9 Å². The van der Waals surface area contributed by atoms with Gasteiger partial charge in [-0.05, 0) is 18.6 Å². The number of aromatic nitrogens is 1. The van der Waals surface area contributed by atoms with Crippen LogP contribution in [0.15, 0.2) is 6.07 Å². The van der Waals surface area contributed by atoms with Crippen molar-refractivity contribution < 1.29 is 36.2 Å². The average Bonchev–Trinajstić information content (AvgIpc) is 2.36. The Labute approximate surface area is 127 Å². The molecule has 0 aliphatic carbocycles. The molecule has 0 fully saturated rings. The number of carbonyl (C=O) groups excluding carboxylic acids is 1. The van der Waals surface area contributed by atoms with E-state index in [1.807, 2.05) is 0 Å². The van der Waals surface area contributed by atoms with Crippen LogP contribution in [0, 0.1) is 0 Å². The van der Waals surface area contributed by atoms with Gasteiger partial charge in [0.15, 0.2) is 0 Å². The number of hydrogen-bond acceptors (Lipinski definition) is 4. The lowest BCUT2D eigenvalue weighted by Gasteiger charge is -2.15. The lowest BCUT2D eigenvalue weighted by molar-refractivity contribution is -0.276. The first-order valence-electron chi connectivity index (χ1n) is 5.96. The van der Waals surface area contributed by atoms with Crippen molar-refractivity contribution in [3.8, 4) is 5.88 Å². The molecule has 0 amide bonds. The maximum absolute atomic E-state index is 12.8. The topological polar surface area (TPSA) is 48.4 Å². The first kappa shape index (κ1) is 18.4. The normalized spacial score (nSPS) is 11.6. The zero-order valence-electron chi connectivity index (χ0n) is 11.2. The summed E-state index contributed by atoms with van der Waals surface area (Å²) in [7, 11) is 0. The minimum absolute atomic E-state index is 0.000422. The van der Waals surface area contributed by atoms with Crippen molar-refractivity contribution in [1.82, 2.24) is 4.98 Å². The molecule has 0 spiro atoms. The maximum Gasteiger partial charge on any atom is 0.574 e. The van der Waals surface area contributed by atoms with Crippen LogP contribution < -0.4 is 4.74 Å². The number of carbonyl (C=O) groups is 1. The number of nitrogens with zero attached hydrogens (tertiary/aromatic N) is 1. The third kappa shape index (κ3) is 5.28. The first-order valence-corrected chi connectivity index (χ1v) is 6.49. The summed E-state index contributed by atoms with van der Waals surface area (Å²) in [4.78, 5) is 14.7. The van der Waals surface area contributed by atoms with E-state index >= 15 is 0 Å². The van der Waals surface area contributed by atoms with Crippen molar-refractivity contribution in [2.24, 2.45) is 0 Å². The summed E-state index contributed by atoms with van der Waals surface area (Å²) >= 11 is 5.55. The van der Waals surface area contributed by atoms with Gasteiger partial charge in [-0.1, -0.05) is 0 Å². The van der Waals surface area contributed by atoms with E-state index in [0.717, 1.165) is 6.07 Å². The van der Waals surface area contributed by atoms with E-state index in [1.54, 1.807) is 0 Å². The molecule has 0 saturated carbocycles.